The minimum Gasteiger partial charge on any atom is -0.495 e. The first-order valence-electron chi connectivity index (χ1n) is 10.2. The summed E-state index contributed by atoms with van der Waals surface area (Å²) < 4.78 is 34.8. The Morgan fingerprint density at radius 2 is 1.79 bits per heavy atom. The van der Waals surface area contributed by atoms with Crippen molar-refractivity contribution in [3.63, 3.8) is 0 Å². The maximum atomic E-state index is 12.8. The molecule has 0 bridgehead atoms. The zero-order valence-electron chi connectivity index (χ0n) is 19.2. The largest absolute Gasteiger partial charge is 0.495 e. The smallest absolute Gasteiger partial charge is 0.251 e. The van der Waals surface area contributed by atoms with Gasteiger partial charge >= 0.3 is 0 Å². The molecule has 1 heterocycles. The highest BCUT2D eigenvalue weighted by atomic mass is 32.2. The summed E-state index contributed by atoms with van der Waals surface area (Å²) >= 11 is 0. The lowest BCUT2D eigenvalue weighted by molar-refractivity contribution is -0.115. The Bertz CT molecular complexity index is 1270. The van der Waals surface area contributed by atoms with Crippen molar-refractivity contribution in [2.24, 2.45) is 0 Å². The zero-order valence-corrected chi connectivity index (χ0v) is 20.0. The highest BCUT2D eigenvalue weighted by molar-refractivity contribution is 7.89. The van der Waals surface area contributed by atoms with Gasteiger partial charge < -0.3 is 15.4 Å². The molecule has 180 valence electrons. The Morgan fingerprint density at radius 3 is 2.38 bits per heavy atom. The number of ether oxygens (including phenoxy) is 1. The molecule has 0 aliphatic carbocycles. The zero-order chi connectivity index (χ0) is 24.9. The van der Waals surface area contributed by atoms with E-state index in [1.54, 1.807) is 56.0 Å². The summed E-state index contributed by atoms with van der Waals surface area (Å²) in [5.41, 5.74) is 0.650. The molecule has 0 saturated carbocycles. The molecule has 3 aromatic rings. The number of sulfonamides is 1. The number of hydrogen-bond acceptors (Lipinski definition) is 7. The summed E-state index contributed by atoms with van der Waals surface area (Å²) in [6.07, 6.45) is 2.97. The van der Waals surface area contributed by atoms with Crippen LogP contribution in [0.1, 0.15) is 31.1 Å². The van der Waals surface area contributed by atoms with Crippen LogP contribution in [0.2, 0.25) is 0 Å². The first kappa shape index (κ1) is 24.9. The van der Waals surface area contributed by atoms with Gasteiger partial charge in [-0.2, -0.15) is 5.10 Å². The third-order valence-corrected chi connectivity index (χ3v) is 6.18. The van der Waals surface area contributed by atoms with E-state index < -0.39 is 27.4 Å². The number of methoxy groups -OCH3 is 1. The average Bonchev–Trinajstić information content (AvgIpc) is 3.31. The molecule has 0 atom stereocenters. The lowest BCUT2D eigenvalue weighted by Gasteiger charge is -2.21. The molecule has 0 radical (unpaired) electrons. The molecule has 2 amide bonds. The third kappa shape index (κ3) is 6.39. The van der Waals surface area contributed by atoms with Crippen molar-refractivity contribution >= 4 is 27.5 Å². The van der Waals surface area contributed by atoms with Crippen molar-refractivity contribution in [3.8, 4) is 11.4 Å². The molecule has 3 N–H and O–H groups in total. The van der Waals surface area contributed by atoms with E-state index in [0.717, 1.165) is 5.69 Å². The number of hydrogen-bond donors (Lipinski definition) is 3. The van der Waals surface area contributed by atoms with Crippen LogP contribution in [0.25, 0.3) is 5.69 Å². The molecule has 0 unspecified atom stereocenters. The van der Waals surface area contributed by atoms with Crippen LogP contribution in [0.5, 0.6) is 5.75 Å². The third-order valence-electron chi connectivity index (χ3n) is 4.40. The second-order valence-corrected chi connectivity index (χ2v) is 9.99. The maximum Gasteiger partial charge on any atom is 0.251 e. The Hall–Kier alpha value is -3.77. The van der Waals surface area contributed by atoms with Gasteiger partial charge in [0.1, 0.15) is 23.3 Å². The molecule has 0 aliphatic rings. The van der Waals surface area contributed by atoms with E-state index in [1.807, 2.05) is 0 Å². The van der Waals surface area contributed by atoms with E-state index in [2.05, 4.69) is 25.4 Å². The number of carbonyl (C=O) groups is 2. The average molecular weight is 487 g/mol. The van der Waals surface area contributed by atoms with Crippen molar-refractivity contribution in [3.05, 3.63) is 60.7 Å². The van der Waals surface area contributed by atoms with E-state index >= 15 is 0 Å². The van der Waals surface area contributed by atoms with E-state index in [9.17, 15) is 18.0 Å². The summed E-state index contributed by atoms with van der Waals surface area (Å²) in [6, 6.07) is 10.9. The van der Waals surface area contributed by atoms with Crippen molar-refractivity contribution in [2.75, 3.05) is 19.0 Å². The van der Waals surface area contributed by atoms with Crippen LogP contribution in [0.3, 0.4) is 0 Å². The standard InChI is InChI=1S/C22H26N6O5S/c1-22(2,3)27-34(31,32)19-11-15(5-10-18(19)33-4)21(30)24-12-20(29)26-16-6-8-17(9-7-16)28-14-23-13-25-28/h5-11,13-14,27H,12H2,1-4H3,(H,24,30)(H,26,29). The summed E-state index contributed by atoms with van der Waals surface area (Å²) in [6.45, 7) is 4.80. The van der Waals surface area contributed by atoms with Crippen molar-refractivity contribution in [1.29, 1.82) is 0 Å². The molecule has 0 fully saturated rings. The van der Waals surface area contributed by atoms with E-state index in [4.69, 9.17) is 4.74 Å². The number of anilines is 1. The van der Waals surface area contributed by atoms with Gasteiger partial charge in [0.2, 0.25) is 15.9 Å². The first-order chi connectivity index (χ1) is 16.0. The monoisotopic (exact) mass is 486 g/mol. The summed E-state index contributed by atoms with van der Waals surface area (Å²) in [5.74, 6) is -0.954. The number of nitrogens with one attached hydrogen (secondary N) is 3. The highest BCUT2D eigenvalue weighted by Gasteiger charge is 2.26. The van der Waals surface area contributed by atoms with Crippen LogP contribution in [0.15, 0.2) is 60.0 Å². The molecular weight excluding hydrogens is 460 g/mol. The van der Waals surface area contributed by atoms with Gasteiger partial charge in [0, 0.05) is 16.8 Å². The lowest BCUT2D eigenvalue weighted by atomic mass is 10.1. The molecule has 11 nitrogen and oxygen atoms in total. The summed E-state index contributed by atoms with van der Waals surface area (Å²) in [7, 11) is -2.61. The molecule has 0 aliphatic heterocycles. The minimum atomic E-state index is -3.95. The summed E-state index contributed by atoms with van der Waals surface area (Å²) in [4.78, 5) is 28.6. The molecular formula is C22H26N6O5S. The summed E-state index contributed by atoms with van der Waals surface area (Å²) in [5, 5.41) is 9.19. The molecule has 3 rings (SSSR count). The molecule has 1 aromatic heterocycles. The molecule has 12 heteroatoms. The second-order valence-electron chi connectivity index (χ2n) is 8.34. The van der Waals surface area contributed by atoms with Crippen molar-refractivity contribution < 1.29 is 22.7 Å². The number of aromatic nitrogens is 3. The van der Waals surface area contributed by atoms with Crippen LogP contribution in [0, 0.1) is 0 Å². The van der Waals surface area contributed by atoms with Gasteiger partial charge in [0.05, 0.1) is 19.3 Å². The number of rotatable bonds is 8. The predicted octanol–water partition coefficient (Wildman–Crippen LogP) is 1.72. The van der Waals surface area contributed by atoms with Crippen LogP contribution >= 0.6 is 0 Å². The first-order valence-corrected chi connectivity index (χ1v) is 11.7. The number of amides is 2. The van der Waals surface area contributed by atoms with Gasteiger partial charge in [-0.05, 0) is 63.2 Å². The van der Waals surface area contributed by atoms with E-state index in [1.165, 1.54) is 31.6 Å². The Balaban J connectivity index is 1.64. The minimum absolute atomic E-state index is 0.0695. The Morgan fingerprint density at radius 1 is 1.09 bits per heavy atom. The van der Waals surface area contributed by atoms with E-state index in [-0.39, 0.29) is 22.8 Å². The Kier molecular flexibility index (Phi) is 7.32. The lowest BCUT2D eigenvalue weighted by Crippen LogP contribution is -2.40. The molecule has 34 heavy (non-hydrogen) atoms. The quantitative estimate of drug-likeness (QED) is 0.440. The number of benzene rings is 2. The molecule has 0 saturated heterocycles. The van der Waals surface area contributed by atoms with Crippen LogP contribution < -0.4 is 20.1 Å². The predicted molar refractivity (Wildman–Crippen MR) is 125 cm³/mol. The van der Waals surface area contributed by atoms with E-state index in [0.29, 0.717) is 5.69 Å². The Labute approximate surface area is 197 Å². The van der Waals surface area contributed by atoms with Crippen LogP contribution in [-0.4, -0.2) is 54.2 Å². The molecule has 0 spiro atoms. The van der Waals surface area contributed by atoms with Crippen molar-refractivity contribution in [2.45, 2.75) is 31.2 Å². The van der Waals surface area contributed by atoms with Gasteiger partial charge in [-0.3, -0.25) is 9.59 Å². The van der Waals surface area contributed by atoms with Gasteiger partial charge in [-0.25, -0.2) is 22.8 Å². The van der Waals surface area contributed by atoms with Gasteiger partial charge in [0.15, 0.2) is 0 Å². The highest BCUT2D eigenvalue weighted by Crippen LogP contribution is 2.26. The van der Waals surface area contributed by atoms with Gasteiger partial charge in [-0.15, -0.1) is 0 Å². The van der Waals surface area contributed by atoms with Gasteiger partial charge in [-0.1, -0.05) is 0 Å². The second kappa shape index (κ2) is 10.0. The molecule has 2 aromatic carbocycles. The number of nitrogens with zero attached hydrogens (tertiary/aromatic N) is 3. The van der Waals surface area contributed by atoms with Crippen LogP contribution in [-0.2, 0) is 14.8 Å². The normalized spacial score (nSPS) is 11.6. The SMILES string of the molecule is COc1ccc(C(=O)NCC(=O)Nc2ccc(-n3cncn3)cc2)cc1S(=O)(=O)NC(C)(C)C. The fraction of sp³-hybridized carbons (Fsp3) is 0.273. The number of carbonyl (C=O) groups excluding carboxylic acids is 2. The van der Waals surface area contributed by atoms with Crippen molar-refractivity contribution in [1.82, 2.24) is 24.8 Å². The van der Waals surface area contributed by atoms with Crippen LogP contribution in [0.4, 0.5) is 5.69 Å². The fourth-order valence-corrected chi connectivity index (χ4v) is 4.61. The fourth-order valence-electron chi connectivity index (χ4n) is 2.99. The van der Waals surface area contributed by atoms with Gasteiger partial charge in [0.25, 0.3) is 5.91 Å². The topological polar surface area (TPSA) is 144 Å². The maximum absolute atomic E-state index is 12.8.